The number of nitrogens with one attached hydrogen (secondary N) is 1. The minimum atomic E-state index is -0.357. The van der Waals surface area contributed by atoms with E-state index in [0.29, 0.717) is 30.0 Å². The summed E-state index contributed by atoms with van der Waals surface area (Å²) in [6, 6.07) is 15.3. The van der Waals surface area contributed by atoms with Gasteiger partial charge in [0.1, 0.15) is 23.9 Å². The van der Waals surface area contributed by atoms with Crippen LogP contribution in [0.5, 0.6) is 0 Å². The molecule has 1 aliphatic heterocycles. The van der Waals surface area contributed by atoms with E-state index in [2.05, 4.69) is 10.3 Å². The number of anilines is 1. The maximum absolute atomic E-state index is 13.4. The maximum atomic E-state index is 13.4. The molecule has 170 valence electrons. The summed E-state index contributed by atoms with van der Waals surface area (Å²) in [7, 11) is 1.57. The van der Waals surface area contributed by atoms with Crippen LogP contribution in [0, 0.1) is 5.82 Å². The summed E-state index contributed by atoms with van der Waals surface area (Å²) >= 11 is 0. The third-order valence-electron chi connectivity index (χ3n) is 5.43. The quantitative estimate of drug-likeness (QED) is 0.535. The Hall–Kier alpha value is -4.01. The fraction of sp³-hybridized carbons (Fsp3) is 0.250. The Morgan fingerprint density at radius 2 is 1.82 bits per heavy atom. The standard InChI is InChI=1S/C24H24FN5O3/c1-28-15-21(32)30(24(28)33)13-5-8-20(31)27-23-22(18-9-11-19(25)12-10-18)26-16-29(23)14-17-6-3-2-4-7-17/h2-4,6-7,9-12,16H,5,8,13-15H2,1H3,(H,27,31). The van der Waals surface area contributed by atoms with E-state index >= 15 is 0 Å². The van der Waals surface area contributed by atoms with Crippen LogP contribution >= 0.6 is 0 Å². The summed E-state index contributed by atoms with van der Waals surface area (Å²) in [5.41, 5.74) is 2.24. The molecular formula is C24H24FN5O3. The van der Waals surface area contributed by atoms with Crippen LogP contribution in [0.1, 0.15) is 18.4 Å². The van der Waals surface area contributed by atoms with Gasteiger partial charge in [0, 0.05) is 25.6 Å². The van der Waals surface area contributed by atoms with Crippen molar-refractivity contribution < 1.29 is 18.8 Å². The highest BCUT2D eigenvalue weighted by Crippen LogP contribution is 2.28. The molecule has 1 N–H and O–H groups in total. The van der Waals surface area contributed by atoms with Gasteiger partial charge < -0.3 is 14.8 Å². The fourth-order valence-electron chi connectivity index (χ4n) is 3.71. The Balaban J connectivity index is 1.49. The van der Waals surface area contributed by atoms with Gasteiger partial charge in [-0.05, 0) is 36.2 Å². The summed E-state index contributed by atoms with van der Waals surface area (Å²) < 4.78 is 15.2. The topological polar surface area (TPSA) is 87.5 Å². The monoisotopic (exact) mass is 449 g/mol. The third kappa shape index (κ3) is 5.08. The van der Waals surface area contributed by atoms with Crippen molar-refractivity contribution >= 4 is 23.7 Å². The van der Waals surface area contributed by atoms with Crippen molar-refractivity contribution in [3.05, 3.63) is 72.3 Å². The molecule has 1 aromatic heterocycles. The van der Waals surface area contributed by atoms with Gasteiger partial charge in [-0.25, -0.2) is 14.2 Å². The van der Waals surface area contributed by atoms with Gasteiger partial charge in [-0.3, -0.25) is 14.5 Å². The Kier molecular flexibility index (Phi) is 6.48. The summed E-state index contributed by atoms with van der Waals surface area (Å²) in [6.07, 6.45) is 2.11. The van der Waals surface area contributed by atoms with Crippen molar-refractivity contribution in [1.29, 1.82) is 0 Å². The number of imidazole rings is 1. The Morgan fingerprint density at radius 1 is 1.09 bits per heavy atom. The zero-order valence-corrected chi connectivity index (χ0v) is 18.2. The van der Waals surface area contributed by atoms with Crippen LogP contribution in [-0.4, -0.2) is 57.3 Å². The number of rotatable bonds is 8. The average Bonchev–Trinajstić information content (AvgIpc) is 3.29. The van der Waals surface area contributed by atoms with Gasteiger partial charge in [0.15, 0.2) is 0 Å². The van der Waals surface area contributed by atoms with Gasteiger partial charge in [0.05, 0.1) is 12.9 Å². The van der Waals surface area contributed by atoms with Gasteiger partial charge in [-0.2, -0.15) is 0 Å². The van der Waals surface area contributed by atoms with E-state index < -0.39 is 0 Å². The average molecular weight is 449 g/mol. The van der Waals surface area contributed by atoms with Gasteiger partial charge in [-0.15, -0.1) is 0 Å². The van der Waals surface area contributed by atoms with Crippen molar-refractivity contribution in [3.63, 3.8) is 0 Å². The van der Waals surface area contributed by atoms with Crippen LogP contribution in [0.15, 0.2) is 60.9 Å². The highest BCUT2D eigenvalue weighted by Gasteiger charge is 2.32. The largest absolute Gasteiger partial charge is 0.326 e. The second kappa shape index (κ2) is 9.64. The normalized spacial score (nSPS) is 13.6. The number of carbonyl (C=O) groups excluding carboxylic acids is 3. The molecule has 1 aliphatic rings. The van der Waals surface area contributed by atoms with Crippen molar-refractivity contribution in [1.82, 2.24) is 19.4 Å². The molecule has 3 aromatic rings. The van der Waals surface area contributed by atoms with Crippen LogP contribution in [0.4, 0.5) is 15.0 Å². The molecule has 4 rings (SSSR count). The molecule has 2 aromatic carbocycles. The predicted molar refractivity (Wildman–Crippen MR) is 121 cm³/mol. The summed E-state index contributed by atoms with van der Waals surface area (Å²) in [5.74, 6) is -0.378. The molecular weight excluding hydrogens is 425 g/mol. The van der Waals surface area contributed by atoms with Crippen molar-refractivity contribution in [3.8, 4) is 11.3 Å². The van der Waals surface area contributed by atoms with E-state index in [0.717, 1.165) is 10.5 Å². The molecule has 1 saturated heterocycles. The van der Waals surface area contributed by atoms with Gasteiger partial charge in [0.2, 0.25) is 11.8 Å². The molecule has 0 bridgehead atoms. The van der Waals surface area contributed by atoms with Crippen LogP contribution in [0.3, 0.4) is 0 Å². The lowest BCUT2D eigenvalue weighted by Crippen LogP contribution is -2.33. The number of nitrogens with zero attached hydrogens (tertiary/aromatic N) is 4. The number of hydrogen-bond acceptors (Lipinski definition) is 4. The number of imide groups is 1. The summed E-state index contributed by atoms with van der Waals surface area (Å²) in [6.45, 7) is 0.738. The Labute approximate surface area is 190 Å². The number of halogens is 1. The minimum Gasteiger partial charge on any atom is -0.318 e. The first-order valence-electron chi connectivity index (χ1n) is 10.6. The number of aromatic nitrogens is 2. The molecule has 33 heavy (non-hydrogen) atoms. The molecule has 1 fully saturated rings. The lowest BCUT2D eigenvalue weighted by atomic mass is 10.1. The van der Waals surface area contributed by atoms with Gasteiger partial charge in [-0.1, -0.05) is 30.3 Å². The van der Waals surface area contributed by atoms with Crippen LogP contribution in [-0.2, 0) is 16.1 Å². The molecule has 0 atom stereocenters. The van der Waals surface area contributed by atoms with E-state index in [1.807, 2.05) is 34.9 Å². The van der Waals surface area contributed by atoms with Gasteiger partial charge >= 0.3 is 6.03 Å². The lowest BCUT2D eigenvalue weighted by Gasteiger charge is -2.15. The highest BCUT2D eigenvalue weighted by atomic mass is 19.1. The third-order valence-corrected chi connectivity index (χ3v) is 5.43. The zero-order chi connectivity index (χ0) is 23.4. The number of carbonyl (C=O) groups is 3. The molecule has 0 aliphatic carbocycles. The SMILES string of the molecule is CN1CC(=O)N(CCCC(=O)Nc2c(-c3ccc(F)cc3)ncn2Cc2ccccc2)C1=O. The second-order valence-corrected chi connectivity index (χ2v) is 7.90. The van der Waals surface area contributed by atoms with Crippen molar-refractivity contribution in [2.75, 3.05) is 25.5 Å². The van der Waals surface area contributed by atoms with E-state index in [9.17, 15) is 18.8 Å². The zero-order valence-electron chi connectivity index (χ0n) is 18.2. The summed E-state index contributed by atoms with van der Waals surface area (Å²) in [5, 5.41) is 2.92. The highest BCUT2D eigenvalue weighted by molar-refractivity contribution is 6.01. The Bertz CT molecular complexity index is 1160. The number of amides is 4. The van der Waals surface area contributed by atoms with Crippen molar-refractivity contribution in [2.24, 2.45) is 0 Å². The second-order valence-electron chi connectivity index (χ2n) is 7.90. The Morgan fingerprint density at radius 3 is 2.48 bits per heavy atom. The predicted octanol–water partition coefficient (Wildman–Crippen LogP) is 3.35. The van der Waals surface area contributed by atoms with Gasteiger partial charge in [0.25, 0.3) is 0 Å². The first-order chi connectivity index (χ1) is 15.9. The van der Waals surface area contributed by atoms with Crippen LogP contribution in [0.2, 0.25) is 0 Å². The number of urea groups is 1. The van der Waals surface area contributed by atoms with Crippen molar-refractivity contribution in [2.45, 2.75) is 19.4 Å². The smallest absolute Gasteiger partial charge is 0.318 e. The van der Waals surface area contributed by atoms with Crippen LogP contribution in [0.25, 0.3) is 11.3 Å². The van der Waals surface area contributed by atoms with E-state index in [1.165, 1.54) is 17.0 Å². The number of benzene rings is 2. The fourth-order valence-corrected chi connectivity index (χ4v) is 3.71. The first-order valence-corrected chi connectivity index (χ1v) is 10.6. The number of likely N-dealkylation sites (N-methyl/N-ethyl adjacent to an activating group) is 1. The molecule has 9 heteroatoms. The molecule has 0 spiro atoms. The minimum absolute atomic E-state index is 0.0602. The molecule has 8 nitrogen and oxygen atoms in total. The summed E-state index contributed by atoms with van der Waals surface area (Å²) in [4.78, 5) is 43.6. The van der Waals surface area contributed by atoms with E-state index in [4.69, 9.17) is 0 Å². The molecule has 2 heterocycles. The first kappa shape index (κ1) is 22.2. The number of hydrogen-bond donors (Lipinski definition) is 1. The van der Waals surface area contributed by atoms with E-state index in [-0.39, 0.29) is 43.2 Å². The molecule has 0 radical (unpaired) electrons. The molecule has 4 amide bonds. The van der Waals surface area contributed by atoms with Crippen LogP contribution < -0.4 is 5.32 Å². The molecule has 0 unspecified atom stereocenters. The molecule has 0 saturated carbocycles. The lowest BCUT2D eigenvalue weighted by molar-refractivity contribution is -0.125. The van der Waals surface area contributed by atoms with E-state index in [1.54, 1.807) is 25.5 Å². The maximum Gasteiger partial charge on any atom is 0.326 e.